The summed E-state index contributed by atoms with van der Waals surface area (Å²) in [5.41, 5.74) is 5.22. The predicted octanol–water partition coefficient (Wildman–Crippen LogP) is 6.89. The first kappa shape index (κ1) is 21.0. The van der Waals surface area contributed by atoms with Gasteiger partial charge in [0.15, 0.2) is 11.5 Å². The second kappa shape index (κ2) is 12.9. The van der Waals surface area contributed by atoms with Crippen molar-refractivity contribution in [2.75, 3.05) is 0 Å². The zero-order valence-corrected chi connectivity index (χ0v) is 17.1. The van der Waals surface area contributed by atoms with Crippen molar-refractivity contribution in [2.24, 2.45) is 0 Å². The van der Waals surface area contributed by atoms with Gasteiger partial charge in [-0.15, -0.1) is 11.3 Å². The molecule has 0 radical (unpaired) electrons. The van der Waals surface area contributed by atoms with Gasteiger partial charge in [0.05, 0.1) is 5.51 Å². The van der Waals surface area contributed by atoms with Crippen LogP contribution < -0.4 is 0 Å². The van der Waals surface area contributed by atoms with E-state index in [2.05, 4.69) is 29.2 Å². The number of hydrogen-bond donors (Lipinski definition) is 1. The summed E-state index contributed by atoms with van der Waals surface area (Å²) < 4.78 is 14.1. The molecule has 2 fully saturated rings. The van der Waals surface area contributed by atoms with Crippen molar-refractivity contribution < 1.29 is 4.21 Å². The van der Waals surface area contributed by atoms with E-state index >= 15 is 0 Å². The highest BCUT2D eigenvalue weighted by atomic mass is 32.1. The summed E-state index contributed by atoms with van der Waals surface area (Å²) in [6.45, 7) is 0. The van der Waals surface area contributed by atoms with E-state index < -0.39 is 0 Å². The monoisotopic (exact) mass is 390 g/mol. The minimum absolute atomic E-state index is 0.250. The fraction of sp³-hybridized carbons (Fsp3) is 0.571. The lowest BCUT2D eigenvalue weighted by molar-refractivity contribution is 0.419. The normalized spacial score (nSPS) is 18.0. The maximum atomic E-state index is 8.51. The molecule has 0 saturated heterocycles. The minimum Gasteiger partial charge on any atom is -0.253 e. The molecule has 1 heterocycles. The summed E-state index contributed by atoms with van der Waals surface area (Å²) in [4.78, 5) is 3.74. The van der Waals surface area contributed by atoms with Crippen LogP contribution in [0, 0.1) is 4.78 Å². The Labute approximate surface area is 165 Å². The number of benzene rings is 1. The number of aromatic nitrogens is 1. The molecule has 1 aromatic carbocycles. The summed E-state index contributed by atoms with van der Waals surface area (Å²) >= 11 is 1.35. The lowest BCUT2D eigenvalue weighted by atomic mass is 9.76. The van der Waals surface area contributed by atoms with Gasteiger partial charge in [0.1, 0.15) is 0 Å². The topological polar surface area (TPSA) is 53.8 Å². The molecular formula is C21H30N2OS2. The second-order valence-electron chi connectivity index (χ2n) is 7.06. The average Bonchev–Trinajstić information content (AvgIpc) is 3.30. The van der Waals surface area contributed by atoms with Crippen LogP contribution >= 0.6 is 11.3 Å². The summed E-state index contributed by atoms with van der Waals surface area (Å²) in [6, 6.07) is 9.38. The predicted molar refractivity (Wildman–Crippen MR) is 111 cm³/mol. The Hall–Kier alpha value is -1.33. The van der Waals surface area contributed by atoms with Gasteiger partial charge in [0.25, 0.3) is 0 Å². The first-order valence-corrected chi connectivity index (χ1v) is 11.4. The zero-order chi connectivity index (χ0) is 18.5. The van der Waals surface area contributed by atoms with Gasteiger partial charge in [0, 0.05) is 11.6 Å². The van der Waals surface area contributed by atoms with Crippen LogP contribution in [0.5, 0.6) is 0 Å². The standard InChI is InChI=1S/C18H26.C3H3NS.HNOS/c1-3-9-15(10-4-1)17-13-7-8-14-18(17)16-11-5-2-6-12-16;1-2-5-3-4-1;1-3-2/h7-8,13-16H,1-6,9-12H2;1-3H;1H. The van der Waals surface area contributed by atoms with E-state index in [0.29, 0.717) is 0 Å². The molecule has 5 heteroatoms. The van der Waals surface area contributed by atoms with Crippen LogP contribution in [0.25, 0.3) is 0 Å². The van der Waals surface area contributed by atoms with E-state index in [-0.39, 0.29) is 11.5 Å². The first-order chi connectivity index (χ1) is 12.9. The quantitative estimate of drug-likeness (QED) is 0.607. The molecule has 0 amide bonds. The first-order valence-electron chi connectivity index (χ1n) is 9.73. The van der Waals surface area contributed by atoms with Crippen LogP contribution in [0.3, 0.4) is 0 Å². The lowest BCUT2D eigenvalue weighted by Gasteiger charge is -2.29. The molecule has 1 aromatic heterocycles. The van der Waals surface area contributed by atoms with Gasteiger partial charge in [-0.05, 0) is 48.6 Å². The molecule has 2 aromatic rings. The van der Waals surface area contributed by atoms with Crippen LogP contribution in [-0.2, 0) is 11.5 Å². The van der Waals surface area contributed by atoms with Crippen molar-refractivity contribution in [1.29, 1.82) is 4.78 Å². The molecule has 0 aliphatic heterocycles. The van der Waals surface area contributed by atoms with Gasteiger partial charge >= 0.3 is 0 Å². The van der Waals surface area contributed by atoms with E-state index in [0.717, 1.165) is 11.8 Å². The average molecular weight is 391 g/mol. The van der Waals surface area contributed by atoms with Crippen molar-refractivity contribution in [3.05, 3.63) is 52.5 Å². The molecule has 3 nitrogen and oxygen atoms in total. The molecule has 0 unspecified atom stereocenters. The maximum Gasteiger partial charge on any atom is 0.196 e. The van der Waals surface area contributed by atoms with Gasteiger partial charge in [-0.1, -0.05) is 62.8 Å². The largest absolute Gasteiger partial charge is 0.253 e. The number of rotatable bonds is 2. The Kier molecular flexibility index (Phi) is 10.4. The van der Waals surface area contributed by atoms with Crippen LogP contribution in [0.4, 0.5) is 0 Å². The Morgan fingerprint density at radius 2 is 1.35 bits per heavy atom. The molecule has 4 rings (SSSR count). The third kappa shape index (κ3) is 7.12. The van der Waals surface area contributed by atoms with Crippen LogP contribution in [0.1, 0.15) is 87.2 Å². The summed E-state index contributed by atoms with van der Waals surface area (Å²) in [5.74, 6) is 1.74. The van der Waals surface area contributed by atoms with Gasteiger partial charge in [-0.25, -0.2) is 4.78 Å². The summed E-state index contributed by atoms with van der Waals surface area (Å²) in [5, 5.41) is 1.93. The van der Waals surface area contributed by atoms with Gasteiger partial charge in [-0.3, -0.25) is 4.98 Å². The Morgan fingerprint density at radius 3 is 1.65 bits per heavy atom. The van der Waals surface area contributed by atoms with Crippen LogP contribution in [0.15, 0.2) is 41.4 Å². The molecule has 2 saturated carbocycles. The summed E-state index contributed by atoms with van der Waals surface area (Å²) in [7, 11) is 0. The zero-order valence-electron chi connectivity index (χ0n) is 15.4. The van der Waals surface area contributed by atoms with Gasteiger partial charge in [0.2, 0.25) is 0 Å². The smallest absolute Gasteiger partial charge is 0.196 e. The fourth-order valence-electron chi connectivity index (χ4n) is 4.26. The molecule has 0 spiro atoms. The lowest BCUT2D eigenvalue weighted by Crippen LogP contribution is -2.12. The van der Waals surface area contributed by atoms with Crippen molar-refractivity contribution >= 4 is 22.8 Å². The number of thiazole rings is 1. The molecule has 2 aliphatic rings. The van der Waals surface area contributed by atoms with E-state index in [1.807, 2.05) is 5.38 Å². The molecule has 26 heavy (non-hydrogen) atoms. The van der Waals surface area contributed by atoms with Crippen molar-refractivity contribution in [1.82, 2.24) is 4.98 Å². The van der Waals surface area contributed by atoms with Crippen molar-refractivity contribution in [3.8, 4) is 0 Å². The van der Waals surface area contributed by atoms with Gasteiger partial charge < -0.3 is 0 Å². The SMILES string of the molecule is N=S=O.c1ccc(C2CCCCC2)c(C2CCCCC2)c1.c1cscn1. The fourth-order valence-corrected chi connectivity index (χ4v) is 4.61. The summed E-state index contributed by atoms with van der Waals surface area (Å²) in [6.07, 6.45) is 16.2. The number of hydrogen-bond acceptors (Lipinski definition) is 4. The highest BCUT2D eigenvalue weighted by molar-refractivity contribution is 7.53. The molecule has 2 aliphatic carbocycles. The second-order valence-corrected chi connectivity index (χ2v) is 7.98. The van der Waals surface area contributed by atoms with Crippen LogP contribution in [-0.4, -0.2) is 9.19 Å². The highest BCUT2D eigenvalue weighted by Gasteiger charge is 2.23. The van der Waals surface area contributed by atoms with E-state index in [4.69, 9.17) is 8.99 Å². The van der Waals surface area contributed by atoms with E-state index in [9.17, 15) is 0 Å². The Bertz CT molecular complexity index is 573. The molecule has 0 atom stereocenters. The van der Waals surface area contributed by atoms with Crippen LogP contribution in [0.2, 0.25) is 0 Å². The van der Waals surface area contributed by atoms with Crippen molar-refractivity contribution in [3.63, 3.8) is 0 Å². The molecule has 0 bridgehead atoms. The van der Waals surface area contributed by atoms with E-state index in [1.54, 1.807) is 34.2 Å². The minimum atomic E-state index is -0.250. The highest BCUT2D eigenvalue weighted by Crippen LogP contribution is 2.40. The third-order valence-electron chi connectivity index (χ3n) is 5.43. The maximum absolute atomic E-state index is 8.51. The Balaban J connectivity index is 0.000000254. The number of nitrogens with zero attached hydrogens (tertiary/aromatic N) is 1. The third-order valence-corrected chi connectivity index (χ3v) is 5.96. The van der Waals surface area contributed by atoms with Gasteiger partial charge in [-0.2, -0.15) is 4.21 Å². The molecule has 142 valence electrons. The van der Waals surface area contributed by atoms with Crippen molar-refractivity contribution in [2.45, 2.75) is 76.0 Å². The molecule has 1 N–H and O–H groups in total. The van der Waals surface area contributed by atoms with E-state index in [1.165, 1.54) is 64.2 Å². The molecular weight excluding hydrogens is 360 g/mol. The Morgan fingerprint density at radius 1 is 0.885 bits per heavy atom. The number of nitrogens with one attached hydrogen (secondary N) is 1.